The van der Waals surface area contributed by atoms with Gasteiger partial charge in [0.05, 0.1) is 28.6 Å². The minimum Gasteiger partial charge on any atom is -0.321 e. The van der Waals surface area contributed by atoms with Crippen LogP contribution in [0.3, 0.4) is 0 Å². The fourth-order valence-electron chi connectivity index (χ4n) is 2.67. The van der Waals surface area contributed by atoms with Gasteiger partial charge < -0.3 is 5.32 Å². The third kappa shape index (κ3) is 3.50. The molecule has 7 nitrogen and oxygen atoms in total. The molecule has 8 heteroatoms. The first kappa shape index (κ1) is 18.5. The van der Waals surface area contributed by atoms with Gasteiger partial charge >= 0.3 is 0 Å². The van der Waals surface area contributed by atoms with Gasteiger partial charge in [-0.05, 0) is 44.5 Å². The number of carbonyl (C=O) groups is 1. The number of amides is 1. The number of hydrogen-bond acceptors (Lipinski definition) is 6. The lowest BCUT2D eigenvalue weighted by atomic mass is 10.1. The van der Waals surface area contributed by atoms with Crippen LogP contribution >= 0.6 is 11.3 Å². The zero-order valence-electron chi connectivity index (χ0n) is 15.3. The Balaban J connectivity index is 1.99. The number of nitrogens with one attached hydrogen (secondary N) is 1. The molecule has 0 unspecified atom stereocenters. The van der Waals surface area contributed by atoms with Crippen molar-refractivity contribution in [1.82, 2.24) is 14.8 Å². The number of rotatable bonds is 3. The number of nitriles is 1. The standard InChI is InChI=1S/C19H17N5O2S/c1-10-11(2)23-24(4)19(26)15(10)18-21-12(3)16(27-18)17(25)22-14-7-5-6-13(8-14)9-20/h5-8H,1-4H3,(H,22,25). The topological polar surface area (TPSA) is 101 Å². The number of aromatic nitrogens is 3. The molecule has 2 heterocycles. The molecule has 2 aromatic heterocycles. The summed E-state index contributed by atoms with van der Waals surface area (Å²) in [5.74, 6) is -0.327. The average molecular weight is 379 g/mol. The number of aryl methyl sites for hydroxylation is 3. The fourth-order valence-corrected chi connectivity index (χ4v) is 3.72. The minimum absolute atomic E-state index is 0.250. The Morgan fingerprint density at radius 1 is 1.26 bits per heavy atom. The van der Waals surface area contributed by atoms with Crippen molar-refractivity contribution in [2.75, 3.05) is 5.32 Å². The summed E-state index contributed by atoms with van der Waals surface area (Å²) < 4.78 is 1.28. The zero-order chi connectivity index (χ0) is 19.7. The van der Waals surface area contributed by atoms with Gasteiger partial charge in [-0.25, -0.2) is 9.67 Å². The Kier molecular flexibility index (Phi) is 4.88. The van der Waals surface area contributed by atoms with Crippen molar-refractivity contribution in [2.45, 2.75) is 20.8 Å². The quantitative estimate of drug-likeness (QED) is 0.754. The van der Waals surface area contributed by atoms with Crippen LogP contribution in [-0.2, 0) is 7.05 Å². The van der Waals surface area contributed by atoms with Crippen LogP contribution in [0.5, 0.6) is 0 Å². The molecule has 1 N–H and O–H groups in total. The first-order chi connectivity index (χ1) is 12.8. The number of thiazole rings is 1. The molecule has 1 aromatic carbocycles. The third-order valence-corrected chi connectivity index (χ3v) is 5.37. The molecule has 0 radical (unpaired) electrons. The molecule has 3 aromatic rings. The molecule has 136 valence electrons. The Morgan fingerprint density at radius 3 is 2.70 bits per heavy atom. The summed E-state index contributed by atoms with van der Waals surface area (Å²) in [6.07, 6.45) is 0. The molecule has 0 aliphatic heterocycles. The molecule has 0 saturated heterocycles. The van der Waals surface area contributed by atoms with Crippen LogP contribution in [0, 0.1) is 32.1 Å². The molecular formula is C19H17N5O2S. The van der Waals surface area contributed by atoms with Gasteiger partial charge in [-0.2, -0.15) is 10.4 Å². The van der Waals surface area contributed by atoms with E-state index in [0.29, 0.717) is 32.4 Å². The maximum atomic E-state index is 12.7. The van der Waals surface area contributed by atoms with Crippen LogP contribution in [-0.4, -0.2) is 20.7 Å². The maximum Gasteiger partial charge on any atom is 0.277 e. The highest BCUT2D eigenvalue weighted by molar-refractivity contribution is 7.17. The van der Waals surface area contributed by atoms with Crippen LogP contribution in [0.1, 0.15) is 32.2 Å². The summed E-state index contributed by atoms with van der Waals surface area (Å²) in [6.45, 7) is 5.38. The van der Waals surface area contributed by atoms with E-state index in [0.717, 1.165) is 11.3 Å². The molecular weight excluding hydrogens is 362 g/mol. The van der Waals surface area contributed by atoms with Gasteiger partial charge in [-0.1, -0.05) is 6.07 Å². The lowest BCUT2D eigenvalue weighted by Crippen LogP contribution is -2.23. The normalized spacial score (nSPS) is 10.5. The summed E-state index contributed by atoms with van der Waals surface area (Å²) in [7, 11) is 1.59. The van der Waals surface area contributed by atoms with E-state index >= 15 is 0 Å². The van der Waals surface area contributed by atoms with E-state index in [-0.39, 0.29) is 11.5 Å². The van der Waals surface area contributed by atoms with E-state index in [1.807, 2.05) is 19.9 Å². The SMILES string of the molecule is Cc1nc(-c2c(C)c(C)nn(C)c2=O)sc1C(=O)Nc1cccc(C#N)c1. The van der Waals surface area contributed by atoms with Crippen LogP contribution in [0.4, 0.5) is 5.69 Å². The first-order valence-electron chi connectivity index (χ1n) is 8.15. The van der Waals surface area contributed by atoms with Crippen LogP contribution in [0.25, 0.3) is 10.6 Å². The van der Waals surface area contributed by atoms with Gasteiger partial charge in [-0.3, -0.25) is 9.59 Å². The summed E-state index contributed by atoms with van der Waals surface area (Å²) in [6, 6.07) is 8.71. The minimum atomic E-state index is -0.327. The molecule has 0 aliphatic carbocycles. The number of anilines is 1. The zero-order valence-corrected chi connectivity index (χ0v) is 16.1. The van der Waals surface area contributed by atoms with Crippen molar-refractivity contribution in [3.63, 3.8) is 0 Å². The van der Waals surface area contributed by atoms with Crippen molar-refractivity contribution < 1.29 is 4.79 Å². The Morgan fingerprint density at radius 2 is 2.00 bits per heavy atom. The molecule has 0 bridgehead atoms. The van der Waals surface area contributed by atoms with E-state index in [2.05, 4.69) is 15.4 Å². The van der Waals surface area contributed by atoms with Gasteiger partial charge in [0.2, 0.25) is 0 Å². The summed E-state index contributed by atoms with van der Waals surface area (Å²) in [5.41, 5.74) is 3.23. The first-order valence-corrected chi connectivity index (χ1v) is 8.97. The van der Waals surface area contributed by atoms with Crippen molar-refractivity contribution in [1.29, 1.82) is 5.26 Å². The van der Waals surface area contributed by atoms with Crippen LogP contribution < -0.4 is 10.9 Å². The van der Waals surface area contributed by atoms with Gasteiger partial charge in [-0.15, -0.1) is 11.3 Å². The predicted octanol–water partition coefficient (Wildman–Crippen LogP) is 2.95. The van der Waals surface area contributed by atoms with Crippen LogP contribution in [0.2, 0.25) is 0 Å². The number of hydrogen-bond donors (Lipinski definition) is 1. The van der Waals surface area contributed by atoms with Gasteiger partial charge in [0, 0.05) is 12.7 Å². The average Bonchev–Trinajstić information content (AvgIpc) is 3.02. The summed E-state index contributed by atoms with van der Waals surface area (Å²) in [5, 5.41) is 16.4. The number of nitrogens with zero attached hydrogens (tertiary/aromatic N) is 4. The van der Waals surface area contributed by atoms with Crippen molar-refractivity contribution in [3.05, 3.63) is 62.0 Å². The molecule has 1 amide bonds. The van der Waals surface area contributed by atoms with Gasteiger partial charge in [0.25, 0.3) is 11.5 Å². The monoisotopic (exact) mass is 379 g/mol. The molecule has 27 heavy (non-hydrogen) atoms. The highest BCUT2D eigenvalue weighted by Crippen LogP contribution is 2.29. The van der Waals surface area contributed by atoms with Gasteiger partial charge in [0.15, 0.2) is 0 Å². The third-order valence-electron chi connectivity index (χ3n) is 4.19. The lowest BCUT2D eigenvalue weighted by Gasteiger charge is -2.07. The van der Waals surface area contributed by atoms with Gasteiger partial charge in [0.1, 0.15) is 9.88 Å². The highest BCUT2D eigenvalue weighted by Gasteiger charge is 2.21. The van der Waals surface area contributed by atoms with Crippen molar-refractivity contribution in [2.24, 2.45) is 7.05 Å². The van der Waals surface area contributed by atoms with Crippen LogP contribution in [0.15, 0.2) is 29.1 Å². The second-order valence-corrected chi connectivity index (χ2v) is 7.09. The fraction of sp³-hybridized carbons (Fsp3) is 0.211. The maximum absolute atomic E-state index is 12.7. The molecule has 0 fully saturated rings. The van der Waals surface area contributed by atoms with E-state index in [9.17, 15) is 9.59 Å². The number of carbonyl (C=O) groups excluding carboxylic acids is 1. The molecule has 0 aliphatic rings. The Hall–Kier alpha value is -3.31. The van der Waals surface area contributed by atoms with Crippen molar-refractivity contribution in [3.8, 4) is 16.6 Å². The molecule has 0 spiro atoms. The Labute approximate surface area is 159 Å². The van der Waals surface area contributed by atoms with E-state index in [1.54, 1.807) is 38.2 Å². The lowest BCUT2D eigenvalue weighted by molar-refractivity contribution is 0.103. The molecule has 3 rings (SSSR count). The van der Waals surface area contributed by atoms with Crippen molar-refractivity contribution >= 4 is 22.9 Å². The Bertz CT molecular complexity index is 1150. The second kappa shape index (κ2) is 7.13. The van der Waals surface area contributed by atoms with E-state index in [4.69, 9.17) is 5.26 Å². The van der Waals surface area contributed by atoms with E-state index in [1.165, 1.54) is 16.0 Å². The largest absolute Gasteiger partial charge is 0.321 e. The second-order valence-electron chi connectivity index (χ2n) is 6.09. The summed E-state index contributed by atoms with van der Waals surface area (Å²) in [4.78, 5) is 30.1. The summed E-state index contributed by atoms with van der Waals surface area (Å²) >= 11 is 1.17. The smallest absolute Gasteiger partial charge is 0.277 e. The predicted molar refractivity (Wildman–Crippen MR) is 104 cm³/mol. The van der Waals surface area contributed by atoms with E-state index < -0.39 is 0 Å². The molecule has 0 saturated carbocycles. The number of benzene rings is 1. The molecule has 0 atom stereocenters. The highest BCUT2D eigenvalue weighted by atomic mass is 32.1.